The van der Waals surface area contributed by atoms with Crippen LogP contribution in [0.1, 0.15) is 31.9 Å². The minimum atomic E-state index is 0. The summed E-state index contributed by atoms with van der Waals surface area (Å²) < 4.78 is 0. The van der Waals surface area contributed by atoms with E-state index in [4.69, 9.17) is 0 Å². The third-order valence-electron chi connectivity index (χ3n) is 2.06. The first-order valence-corrected chi connectivity index (χ1v) is 4.66. The number of hydrogen-bond donors (Lipinski definition) is 1. The first-order valence-electron chi connectivity index (χ1n) is 4.21. The molecule has 0 saturated heterocycles. The van der Waals surface area contributed by atoms with Crippen LogP contribution in [0.25, 0.3) is 0 Å². The summed E-state index contributed by atoms with van der Waals surface area (Å²) in [5.41, 5.74) is 2.87. The summed E-state index contributed by atoms with van der Waals surface area (Å²) in [6.07, 6.45) is 0. The standard InChI is InChI=1S/C11H16S.Na.H/c1-8-7-9(11(2,3)4)5-6-10(8)12;;/h5-7,12H,1-4H3;;. The average Bonchev–Trinajstić information content (AvgIpc) is 1.92. The minimum absolute atomic E-state index is 0. The van der Waals surface area contributed by atoms with E-state index in [1.807, 2.05) is 0 Å². The van der Waals surface area contributed by atoms with Crippen molar-refractivity contribution in [3.63, 3.8) is 0 Å². The molecule has 0 aromatic heterocycles. The van der Waals surface area contributed by atoms with Crippen molar-refractivity contribution < 1.29 is 0 Å². The Labute approximate surface area is 109 Å². The van der Waals surface area contributed by atoms with E-state index >= 15 is 0 Å². The molecule has 0 saturated carbocycles. The Balaban J connectivity index is 0.00000144. The van der Waals surface area contributed by atoms with Gasteiger partial charge in [0.15, 0.2) is 0 Å². The van der Waals surface area contributed by atoms with Crippen molar-refractivity contribution in [1.29, 1.82) is 0 Å². The predicted molar refractivity (Wildman–Crippen MR) is 64.3 cm³/mol. The number of hydrogen-bond acceptors (Lipinski definition) is 1. The van der Waals surface area contributed by atoms with Crippen LogP contribution in [-0.2, 0) is 5.41 Å². The van der Waals surface area contributed by atoms with Crippen LogP contribution in [-0.4, -0.2) is 29.6 Å². The van der Waals surface area contributed by atoms with Crippen LogP contribution in [0, 0.1) is 6.92 Å². The summed E-state index contributed by atoms with van der Waals surface area (Å²) >= 11 is 4.34. The number of aryl methyl sites for hydroxylation is 1. The van der Waals surface area contributed by atoms with Crippen molar-refractivity contribution in [2.45, 2.75) is 38.0 Å². The molecule has 2 heteroatoms. The van der Waals surface area contributed by atoms with Gasteiger partial charge in [-0.05, 0) is 29.5 Å². The monoisotopic (exact) mass is 204 g/mol. The zero-order valence-electron chi connectivity index (χ0n) is 8.18. The molecule has 1 aromatic rings. The Bertz CT molecular complexity index is 287. The SMILES string of the molecule is Cc1cc(C(C)(C)C)ccc1S.[NaH]. The molecule has 0 aliphatic heterocycles. The molecule has 0 bridgehead atoms. The van der Waals surface area contributed by atoms with E-state index in [2.05, 4.69) is 58.5 Å². The van der Waals surface area contributed by atoms with E-state index in [-0.39, 0.29) is 35.0 Å². The van der Waals surface area contributed by atoms with Crippen LogP contribution in [0.2, 0.25) is 0 Å². The van der Waals surface area contributed by atoms with Gasteiger partial charge in [-0.25, -0.2) is 0 Å². The molecule has 0 atom stereocenters. The molecule has 0 aliphatic carbocycles. The van der Waals surface area contributed by atoms with Crippen molar-refractivity contribution in [1.82, 2.24) is 0 Å². The van der Waals surface area contributed by atoms with Crippen LogP contribution in [0.5, 0.6) is 0 Å². The predicted octanol–water partition coefficient (Wildman–Crippen LogP) is 2.93. The molecular weight excluding hydrogens is 187 g/mol. The number of thiol groups is 1. The van der Waals surface area contributed by atoms with Crippen molar-refractivity contribution in [2.75, 3.05) is 0 Å². The Morgan fingerprint density at radius 2 is 1.69 bits per heavy atom. The Hall–Kier alpha value is 0.570. The van der Waals surface area contributed by atoms with Gasteiger partial charge in [0, 0.05) is 4.90 Å². The summed E-state index contributed by atoms with van der Waals surface area (Å²) in [5, 5.41) is 0. The number of benzene rings is 1. The molecule has 0 amide bonds. The fourth-order valence-electron chi connectivity index (χ4n) is 1.12. The van der Waals surface area contributed by atoms with Crippen molar-refractivity contribution in [3.05, 3.63) is 29.3 Å². The first kappa shape index (κ1) is 13.6. The maximum absolute atomic E-state index is 4.34. The van der Waals surface area contributed by atoms with E-state index in [0.29, 0.717) is 0 Å². The van der Waals surface area contributed by atoms with Crippen LogP contribution in [0.15, 0.2) is 23.1 Å². The van der Waals surface area contributed by atoms with Gasteiger partial charge in [-0.2, -0.15) is 0 Å². The van der Waals surface area contributed by atoms with Crippen molar-refractivity contribution in [2.24, 2.45) is 0 Å². The van der Waals surface area contributed by atoms with Gasteiger partial charge in [0.05, 0.1) is 0 Å². The van der Waals surface area contributed by atoms with E-state index in [1.54, 1.807) is 0 Å². The van der Waals surface area contributed by atoms with Crippen LogP contribution < -0.4 is 0 Å². The molecular formula is C11H17NaS. The summed E-state index contributed by atoms with van der Waals surface area (Å²) in [7, 11) is 0. The topological polar surface area (TPSA) is 0 Å². The van der Waals surface area contributed by atoms with Crippen LogP contribution in [0.3, 0.4) is 0 Å². The molecule has 0 nitrogen and oxygen atoms in total. The van der Waals surface area contributed by atoms with Crippen LogP contribution in [0.4, 0.5) is 0 Å². The summed E-state index contributed by atoms with van der Waals surface area (Å²) in [4.78, 5) is 1.07. The van der Waals surface area contributed by atoms with E-state index in [9.17, 15) is 0 Å². The summed E-state index contributed by atoms with van der Waals surface area (Å²) in [6.45, 7) is 8.76. The molecule has 1 rings (SSSR count). The van der Waals surface area contributed by atoms with E-state index in [0.717, 1.165) is 4.90 Å². The molecule has 0 aliphatic rings. The van der Waals surface area contributed by atoms with E-state index in [1.165, 1.54) is 11.1 Å². The summed E-state index contributed by atoms with van der Waals surface area (Å²) in [5.74, 6) is 0. The van der Waals surface area contributed by atoms with Gasteiger partial charge in [-0.15, -0.1) is 12.6 Å². The molecule has 0 N–H and O–H groups in total. The molecule has 0 spiro atoms. The summed E-state index contributed by atoms with van der Waals surface area (Å²) in [6, 6.07) is 6.43. The molecule has 0 heterocycles. The van der Waals surface area contributed by atoms with Gasteiger partial charge in [-0.3, -0.25) is 0 Å². The van der Waals surface area contributed by atoms with Gasteiger partial charge in [0.1, 0.15) is 0 Å². The number of rotatable bonds is 0. The normalized spacial score (nSPS) is 10.8. The molecule has 1 aromatic carbocycles. The second-order valence-corrected chi connectivity index (χ2v) is 4.73. The average molecular weight is 204 g/mol. The second-order valence-electron chi connectivity index (χ2n) is 4.25. The van der Waals surface area contributed by atoms with Crippen LogP contribution >= 0.6 is 12.6 Å². The first-order chi connectivity index (χ1) is 5.41. The zero-order valence-corrected chi connectivity index (χ0v) is 9.07. The van der Waals surface area contributed by atoms with Gasteiger partial charge < -0.3 is 0 Å². The Morgan fingerprint density at radius 1 is 1.15 bits per heavy atom. The quantitative estimate of drug-likeness (QED) is 0.487. The van der Waals surface area contributed by atoms with Crippen molar-refractivity contribution in [3.8, 4) is 0 Å². The Morgan fingerprint density at radius 3 is 2.08 bits per heavy atom. The fraction of sp³-hybridized carbons (Fsp3) is 0.455. The third-order valence-corrected chi connectivity index (χ3v) is 2.56. The Kier molecular flexibility index (Phi) is 5.09. The van der Waals surface area contributed by atoms with Gasteiger partial charge in [0.25, 0.3) is 0 Å². The molecule has 13 heavy (non-hydrogen) atoms. The molecule has 0 unspecified atom stereocenters. The molecule has 0 radical (unpaired) electrons. The maximum atomic E-state index is 4.34. The van der Waals surface area contributed by atoms with Gasteiger partial charge in [0.2, 0.25) is 0 Å². The second kappa shape index (κ2) is 4.88. The van der Waals surface area contributed by atoms with Crippen molar-refractivity contribution >= 4 is 42.2 Å². The van der Waals surface area contributed by atoms with Gasteiger partial charge in [-0.1, -0.05) is 32.9 Å². The molecule has 68 valence electrons. The third kappa shape index (κ3) is 3.67. The zero-order chi connectivity index (χ0) is 9.35. The fourth-order valence-corrected chi connectivity index (χ4v) is 1.26. The van der Waals surface area contributed by atoms with E-state index < -0.39 is 0 Å². The van der Waals surface area contributed by atoms with Gasteiger partial charge >= 0.3 is 29.6 Å². The molecule has 0 fully saturated rings.